The zero-order chi connectivity index (χ0) is 11.4. The van der Waals surface area contributed by atoms with Gasteiger partial charge in [0.2, 0.25) is 0 Å². The standard InChI is InChI=1S/C13H16O3/c1-2-15-9-12(14)10-7-8-16-13-6-4-3-5-11(10)13/h3-6,10H,2,7-9H2,1H3. The second kappa shape index (κ2) is 5.12. The number of ether oxygens (including phenoxy) is 2. The van der Waals surface area contributed by atoms with Crippen molar-refractivity contribution >= 4 is 5.78 Å². The largest absolute Gasteiger partial charge is 0.493 e. The first-order valence-electron chi connectivity index (χ1n) is 5.65. The van der Waals surface area contributed by atoms with E-state index < -0.39 is 0 Å². The normalized spacial score (nSPS) is 18.7. The number of ketones is 1. The van der Waals surface area contributed by atoms with E-state index in [1.807, 2.05) is 31.2 Å². The van der Waals surface area contributed by atoms with Crippen molar-refractivity contribution in [1.82, 2.24) is 0 Å². The van der Waals surface area contributed by atoms with Crippen molar-refractivity contribution < 1.29 is 14.3 Å². The van der Waals surface area contributed by atoms with Gasteiger partial charge in [-0.15, -0.1) is 0 Å². The molecule has 1 atom stereocenters. The Morgan fingerprint density at radius 2 is 2.31 bits per heavy atom. The molecule has 1 aliphatic heterocycles. The molecule has 3 nitrogen and oxygen atoms in total. The highest BCUT2D eigenvalue weighted by molar-refractivity contribution is 5.87. The molecule has 0 aromatic heterocycles. The smallest absolute Gasteiger partial charge is 0.166 e. The molecular formula is C13H16O3. The van der Waals surface area contributed by atoms with Crippen molar-refractivity contribution in [2.45, 2.75) is 19.3 Å². The summed E-state index contributed by atoms with van der Waals surface area (Å²) in [5.74, 6) is 0.928. The summed E-state index contributed by atoms with van der Waals surface area (Å²) in [6, 6.07) is 7.74. The molecule has 1 aromatic rings. The monoisotopic (exact) mass is 220 g/mol. The van der Waals surface area contributed by atoms with Gasteiger partial charge in [0, 0.05) is 12.2 Å². The lowest BCUT2D eigenvalue weighted by Gasteiger charge is -2.24. The Morgan fingerprint density at radius 1 is 1.50 bits per heavy atom. The quantitative estimate of drug-likeness (QED) is 0.780. The number of carbonyl (C=O) groups excluding carboxylic acids is 1. The van der Waals surface area contributed by atoms with Crippen molar-refractivity contribution in [2.75, 3.05) is 19.8 Å². The molecule has 3 heteroatoms. The predicted octanol–water partition coefficient (Wildman–Crippen LogP) is 2.16. The topological polar surface area (TPSA) is 35.5 Å². The van der Waals surface area contributed by atoms with Gasteiger partial charge in [-0.25, -0.2) is 0 Å². The molecule has 0 saturated heterocycles. The zero-order valence-corrected chi connectivity index (χ0v) is 9.44. The maximum Gasteiger partial charge on any atom is 0.166 e. The van der Waals surface area contributed by atoms with Crippen molar-refractivity contribution in [3.63, 3.8) is 0 Å². The number of para-hydroxylation sites is 1. The SMILES string of the molecule is CCOCC(=O)C1CCOc2ccccc21. The van der Waals surface area contributed by atoms with Crippen LogP contribution in [0.15, 0.2) is 24.3 Å². The molecule has 16 heavy (non-hydrogen) atoms. The van der Waals surface area contributed by atoms with Gasteiger partial charge in [0.25, 0.3) is 0 Å². The van der Waals surface area contributed by atoms with Crippen LogP contribution in [0.25, 0.3) is 0 Å². The van der Waals surface area contributed by atoms with E-state index >= 15 is 0 Å². The number of Topliss-reactive ketones (excluding diaryl/α,β-unsaturated/α-hetero) is 1. The fourth-order valence-corrected chi connectivity index (χ4v) is 1.98. The Morgan fingerprint density at radius 3 is 3.12 bits per heavy atom. The lowest BCUT2D eigenvalue weighted by Crippen LogP contribution is -2.24. The van der Waals surface area contributed by atoms with Gasteiger partial charge in [0.15, 0.2) is 5.78 Å². The minimum atomic E-state index is -0.0588. The van der Waals surface area contributed by atoms with Crippen LogP contribution in [0, 0.1) is 0 Å². The van der Waals surface area contributed by atoms with Gasteiger partial charge in [-0.05, 0) is 19.4 Å². The number of rotatable bonds is 4. The van der Waals surface area contributed by atoms with E-state index in [1.165, 1.54) is 0 Å². The van der Waals surface area contributed by atoms with Crippen molar-refractivity contribution in [1.29, 1.82) is 0 Å². The molecule has 2 rings (SSSR count). The van der Waals surface area contributed by atoms with Crippen LogP contribution in [0.5, 0.6) is 5.75 Å². The van der Waals surface area contributed by atoms with Gasteiger partial charge in [-0.3, -0.25) is 4.79 Å². The minimum absolute atomic E-state index is 0.0588. The molecule has 0 N–H and O–H groups in total. The summed E-state index contributed by atoms with van der Waals surface area (Å²) in [7, 11) is 0. The molecule has 0 amide bonds. The maximum atomic E-state index is 11.9. The van der Waals surface area contributed by atoms with Crippen LogP contribution >= 0.6 is 0 Å². The maximum absolute atomic E-state index is 11.9. The summed E-state index contributed by atoms with van der Waals surface area (Å²) in [5, 5.41) is 0. The Balaban J connectivity index is 2.15. The van der Waals surface area contributed by atoms with Crippen LogP contribution in [-0.4, -0.2) is 25.6 Å². The number of carbonyl (C=O) groups is 1. The third kappa shape index (κ3) is 2.25. The van der Waals surface area contributed by atoms with E-state index in [4.69, 9.17) is 9.47 Å². The van der Waals surface area contributed by atoms with Crippen molar-refractivity contribution in [3.8, 4) is 5.75 Å². The van der Waals surface area contributed by atoms with Crippen LogP contribution < -0.4 is 4.74 Å². The van der Waals surface area contributed by atoms with Gasteiger partial charge in [-0.2, -0.15) is 0 Å². The Bertz CT molecular complexity index is 373. The lowest BCUT2D eigenvalue weighted by atomic mass is 9.90. The Hall–Kier alpha value is -1.35. The van der Waals surface area contributed by atoms with Crippen LogP contribution in [0.3, 0.4) is 0 Å². The average molecular weight is 220 g/mol. The molecule has 0 bridgehead atoms. The molecule has 1 heterocycles. The van der Waals surface area contributed by atoms with E-state index in [0.29, 0.717) is 13.2 Å². The van der Waals surface area contributed by atoms with Gasteiger partial charge < -0.3 is 9.47 Å². The van der Waals surface area contributed by atoms with Gasteiger partial charge in [0.05, 0.1) is 12.5 Å². The number of hydrogen-bond donors (Lipinski definition) is 0. The fourth-order valence-electron chi connectivity index (χ4n) is 1.98. The highest BCUT2D eigenvalue weighted by atomic mass is 16.5. The van der Waals surface area contributed by atoms with Gasteiger partial charge in [0.1, 0.15) is 12.4 Å². The summed E-state index contributed by atoms with van der Waals surface area (Å²) >= 11 is 0. The molecule has 0 radical (unpaired) electrons. The molecule has 0 saturated carbocycles. The Kier molecular flexibility index (Phi) is 3.57. The number of benzene rings is 1. The third-order valence-corrected chi connectivity index (χ3v) is 2.80. The lowest BCUT2D eigenvalue weighted by molar-refractivity contribution is -0.125. The van der Waals surface area contributed by atoms with E-state index in [0.717, 1.165) is 17.7 Å². The summed E-state index contributed by atoms with van der Waals surface area (Å²) in [6.07, 6.45) is 0.753. The second-order valence-corrected chi connectivity index (χ2v) is 3.83. The van der Waals surface area contributed by atoms with Crippen LogP contribution in [0.1, 0.15) is 24.8 Å². The van der Waals surface area contributed by atoms with Crippen molar-refractivity contribution in [2.24, 2.45) is 0 Å². The third-order valence-electron chi connectivity index (χ3n) is 2.80. The first-order chi connectivity index (χ1) is 7.83. The molecule has 1 aromatic carbocycles. The number of fused-ring (bicyclic) bond motifs is 1. The molecule has 1 unspecified atom stereocenters. The number of hydrogen-bond acceptors (Lipinski definition) is 3. The van der Waals surface area contributed by atoms with Crippen LogP contribution in [0.2, 0.25) is 0 Å². The van der Waals surface area contributed by atoms with Crippen molar-refractivity contribution in [3.05, 3.63) is 29.8 Å². The molecule has 0 aliphatic carbocycles. The summed E-state index contributed by atoms with van der Waals surface area (Å²) in [6.45, 7) is 3.29. The minimum Gasteiger partial charge on any atom is -0.493 e. The predicted molar refractivity (Wildman–Crippen MR) is 60.8 cm³/mol. The van der Waals surface area contributed by atoms with Gasteiger partial charge >= 0.3 is 0 Å². The first kappa shape index (κ1) is 11.1. The highest BCUT2D eigenvalue weighted by Gasteiger charge is 2.26. The average Bonchev–Trinajstić information content (AvgIpc) is 2.35. The molecular weight excluding hydrogens is 204 g/mol. The summed E-state index contributed by atoms with van der Waals surface area (Å²) in [5.41, 5.74) is 0.999. The van der Waals surface area contributed by atoms with E-state index in [9.17, 15) is 4.79 Å². The van der Waals surface area contributed by atoms with E-state index in [1.54, 1.807) is 0 Å². The Labute approximate surface area is 95.4 Å². The van der Waals surface area contributed by atoms with Crippen LogP contribution in [-0.2, 0) is 9.53 Å². The van der Waals surface area contributed by atoms with E-state index in [2.05, 4.69) is 0 Å². The van der Waals surface area contributed by atoms with Crippen LogP contribution in [0.4, 0.5) is 0 Å². The molecule has 86 valence electrons. The molecule has 0 fully saturated rings. The zero-order valence-electron chi connectivity index (χ0n) is 9.44. The second-order valence-electron chi connectivity index (χ2n) is 3.83. The summed E-state index contributed by atoms with van der Waals surface area (Å²) < 4.78 is 10.7. The van der Waals surface area contributed by atoms with Gasteiger partial charge in [-0.1, -0.05) is 18.2 Å². The fraction of sp³-hybridized carbons (Fsp3) is 0.462. The first-order valence-corrected chi connectivity index (χ1v) is 5.65. The summed E-state index contributed by atoms with van der Waals surface area (Å²) in [4.78, 5) is 11.9. The molecule has 1 aliphatic rings. The molecule has 0 spiro atoms. The van der Waals surface area contributed by atoms with E-state index in [-0.39, 0.29) is 18.3 Å². The highest BCUT2D eigenvalue weighted by Crippen LogP contribution is 2.33.